The average Bonchev–Trinajstić information content (AvgIpc) is 2.80. The number of nitrogens with one attached hydrogen (secondary N) is 1. The summed E-state index contributed by atoms with van der Waals surface area (Å²) < 4.78 is 42.7. The van der Waals surface area contributed by atoms with E-state index in [9.17, 15) is 13.2 Å². The van der Waals surface area contributed by atoms with E-state index in [4.69, 9.17) is 9.78 Å². The summed E-state index contributed by atoms with van der Waals surface area (Å²) in [5.41, 5.74) is -1.03. The number of anilines is 1. The third kappa shape index (κ3) is 3.06. The standard InChI is InChI=1S/C12H9F3N4O/c1-7-18-11(20-19-7)6-17-9-2-3-10(12(13,14)15)8(4-9)5-16/h2-4,17H,6H2,1H3. The predicted molar refractivity (Wildman–Crippen MR) is 62.5 cm³/mol. The Labute approximate surface area is 112 Å². The summed E-state index contributed by atoms with van der Waals surface area (Å²) in [6, 6.07) is 4.77. The van der Waals surface area contributed by atoms with Crippen LogP contribution in [0.2, 0.25) is 0 Å². The Bertz CT molecular complexity index is 657. The minimum Gasteiger partial charge on any atom is -0.376 e. The van der Waals surface area contributed by atoms with Gasteiger partial charge >= 0.3 is 6.18 Å². The summed E-state index contributed by atoms with van der Waals surface area (Å²) in [5.74, 6) is 0.771. The van der Waals surface area contributed by atoms with Crippen molar-refractivity contribution in [2.45, 2.75) is 19.6 Å². The van der Waals surface area contributed by atoms with E-state index in [0.717, 1.165) is 12.1 Å². The van der Waals surface area contributed by atoms with Gasteiger partial charge in [-0.25, -0.2) is 0 Å². The second kappa shape index (κ2) is 5.21. The molecule has 0 atom stereocenters. The van der Waals surface area contributed by atoms with E-state index in [1.807, 2.05) is 0 Å². The molecule has 1 N–H and O–H groups in total. The van der Waals surface area contributed by atoms with Gasteiger partial charge in [-0.1, -0.05) is 5.16 Å². The smallest absolute Gasteiger partial charge is 0.376 e. The number of nitrogens with zero attached hydrogens (tertiary/aromatic N) is 3. The van der Waals surface area contributed by atoms with Crippen LogP contribution >= 0.6 is 0 Å². The molecular formula is C12H9F3N4O. The van der Waals surface area contributed by atoms with Crippen molar-refractivity contribution >= 4 is 5.69 Å². The highest BCUT2D eigenvalue weighted by Gasteiger charge is 2.33. The highest BCUT2D eigenvalue weighted by atomic mass is 19.4. The minimum atomic E-state index is -4.55. The summed E-state index contributed by atoms with van der Waals surface area (Å²) in [6.45, 7) is 1.82. The van der Waals surface area contributed by atoms with E-state index in [1.165, 1.54) is 12.1 Å². The fraction of sp³-hybridized carbons (Fsp3) is 0.250. The maximum Gasteiger partial charge on any atom is 0.417 e. The molecule has 104 valence electrons. The van der Waals surface area contributed by atoms with Crippen molar-refractivity contribution in [2.75, 3.05) is 5.32 Å². The third-order valence-electron chi connectivity index (χ3n) is 2.46. The zero-order valence-electron chi connectivity index (χ0n) is 10.3. The van der Waals surface area contributed by atoms with Gasteiger partial charge in [-0.2, -0.15) is 23.4 Å². The van der Waals surface area contributed by atoms with Crippen LogP contribution in [0.3, 0.4) is 0 Å². The Hall–Kier alpha value is -2.56. The van der Waals surface area contributed by atoms with Crippen LogP contribution in [-0.2, 0) is 12.7 Å². The Morgan fingerprint density at radius 3 is 2.70 bits per heavy atom. The van der Waals surface area contributed by atoms with Crippen LogP contribution in [0.25, 0.3) is 0 Å². The molecule has 0 aliphatic carbocycles. The van der Waals surface area contributed by atoms with Crippen LogP contribution in [0, 0.1) is 18.3 Å². The second-order valence-electron chi connectivity index (χ2n) is 3.96. The zero-order chi connectivity index (χ0) is 14.8. The molecular weight excluding hydrogens is 273 g/mol. The first-order valence-corrected chi connectivity index (χ1v) is 5.54. The Morgan fingerprint density at radius 1 is 1.40 bits per heavy atom. The zero-order valence-corrected chi connectivity index (χ0v) is 10.3. The Kier molecular flexibility index (Phi) is 3.61. The predicted octanol–water partition coefficient (Wildman–Crippen LogP) is 2.88. The molecule has 1 aromatic heterocycles. The summed E-state index contributed by atoms with van der Waals surface area (Å²) in [7, 11) is 0. The van der Waals surface area contributed by atoms with Crippen molar-refractivity contribution in [3.63, 3.8) is 0 Å². The van der Waals surface area contributed by atoms with Gasteiger partial charge in [0, 0.05) is 5.69 Å². The first kappa shape index (κ1) is 13.9. The first-order valence-electron chi connectivity index (χ1n) is 5.54. The topological polar surface area (TPSA) is 74.7 Å². The lowest BCUT2D eigenvalue weighted by Gasteiger charge is -2.10. The molecule has 0 fully saturated rings. The summed E-state index contributed by atoms with van der Waals surface area (Å²) in [6.07, 6.45) is -4.55. The Balaban J connectivity index is 2.16. The molecule has 0 aliphatic rings. The fourth-order valence-corrected chi connectivity index (χ4v) is 1.58. The first-order chi connectivity index (χ1) is 9.40. The van der Waals surface area contributed by atoms with Gasteiger partial charge in [0.2, 0.25) is 5.89 Å². The van der Waals surface area contributed by atoms with Crippen molar-refractivity contribution in [2.24, 2.45) is 0 Å². The number of hydrogen-bond donors (Lipinski definition) is 1. The number of rotatable bonds is 3. The molecule has 0 radical (unpaired) electrons. The van der Waals surface area contributed by atoms with Crippen molar-refractivity contribution < 1.29 is 17.7 Å². The van der Waals surface area contributed by atoms with E-state index in [1.54, 1.807) is 6.92 Å². The molecule has 5 nitrogen and oxygen atoms in total. The van der Waals surface area contributed by atoms with Crippen LogP contribution < -0.4 is 5.32 Å². The summed E-state index contributed by atoms with van der Waals surface area (Å²) in [5, 5.41) is 15.2. The van der Waals surface area contributed by atoms with Crippen LogP contribution in [0.1, 0.15) is 22.8 Å². The number of benzene rings is 1. The monoisotopic (exact) mass is 282 g/mol. The molecule has 0 spiro atoms. The molecule has 0 amide bonds. The molecule has 2 aromatic rings. The molecule has 0 aliphatic heterocycles. The number of aromatic nitrogens is 2. The van der Waals surface area contributed by atoms with Crippen LogP contribution in [0.4, 0.5) is 18.9 Å². The minimum absolute atomic E-state index is 0.164. The normalized spacial score (nSPS) is 11.2. The maximum atomic E-state index is 12.6. The number of aryl methyl sites for hydroxylation is 1. The lowest BCUT2D eigenvalue weighted by molar-refractivity contribution is -0.137. The molecule has 0 saturated heterocycles. The van der Waals surface area contributed by atoms with Crippen LogP contribution in [0.15, 0.2) is 22.7 Å². The molecule has 0 bridgehead atoms. The lowest BCUT2D eigenvalue weighted by atomic mass is 10.1. The van der Waals surface area contributed by atoms with Crippen molar-refractivity contribution in [3.8, 4) is 6.07 Å². The van der Waals surface area contributed by atoms with Gasteiger partial charge in [-0.05, 0) is 25.1 Å². The number of halogens is 3. The summed E-state index contributed by atoms with van der Waals surface area (Å²) in [4.78, 5) is 3.94. The van der Waals surface area contributed by atoms with Gasteiger partial charge in [-0.3, -0.25) is 0 Å². The van der Waals surface area contributed by atoms with E-state index in [2.05, 4.69) is 15.5 Å². The highest BCUT2D eigenvalue weighted by molar-refractivity contribution is 5.53. The lowest BCUT2D eigenvalue weighted by Crippen LogP contribution is -2.08. The second-order valence-corrected chi connectivity index (χ2v) is 3.96. The van der Waals surface area contributed by atoms with Crippen molar-refractivity contribution in [3.05, 3.63) is 41.0 Å². The summed E-state index contributed by atoms with van der Waals surface area (Å²) >= 11 is 0. The molecule has 0 unspecified atom stereocenters. The largest absolute Gasteiger partial charge is 0.417 e. The third-order valence-corrected chi connectivity index (χ3v) is 2.46. The molecule has 1 heterocycles. The van der Waals surface area contributed by atoms with Crippen LogP contribution in [0.5, 0.6) is 0 Å². The SMILES string of the molecule is Cc1noc(CNc2ccc(C(F)(F)F)c(C#N)c2)n1. The van der Waals surface area contributed by atoms with Gasteiger partial charge < -0.3 is 9.84 Å². The van der Waals surface area contributed by atoms with Gasteiger partial charge in [0.25, 0.3) is 0 Å². The van der Waals surface area contributed by atoms with E-state index in [0.29, 0.717) is 17.4 Å². The average molecular weight is 282 g/mol. The highest BCUT2D eigenvalue weighted by Crippen LogP contribution is 2.33. The molecule has 2 rings (SSSR count). The van der Waals surface area contributed by atoms with E-state index >= 15 is 0 Å². The van der Waals surface area contributed by atoms with Crippen molar-refractivity contribution in [1.82, 2.24) is 10.1 Å². The number of alkyl halides is 3. The van der Waals surface area contributed by atoms with E-state index < -0.39 is 17.3 Å². The van der Waals surface area contributed by atoms with Gasteiger partial charge in [0.1, 0.15) is 0 Å². The van der Waals surface area contributed by atoms with Gasteiger partial charge in [0.15, 0.2) is 5.82 Å². The fourth-order valence-electron chi connectivity index (χ4n) is 1.58. The number of hydrogen-bond acceptors (Lipinski definition) is 5. The molecule has 0 saturated carbocycles. The van der Waals surface area contributed by atoms with Crippen molar-refractivity contribution in [1.29, 1.82) is 5.26 Å². The van der Waals surface area contributed by atoms with Gasteiger partial charge in [-0.15, -0.1) is 0 Å². The maximum absolute atomic E-state index is 12.6. The van der Waals surface area contributed by atoms with E-state index in [-0.39, 0.29) is 6.54 Å². The quantitative estimate of drug-likeness (QED) is 0.936. The number of nitriles is 1. The molecule has 1 aromatic carbocycles. The Morgan fingerprint density at radius 2 is 2.15 bits per heavy atom. The van der Waals surface area contributed by atoms with Gasteiger partial charge in [0.05, 0.1) is 23.7 Å². The van der Waals surface area contributed by atoms with Crippen LogP contribution in [-0.4, -0.2) is 10.1 Å². The molecule has 20 heavy (non-hydrogen) atoms. The molecule has 8 heteroatoms.